The van der Waals surface area contributed by atoms with Gasteiger partial charge in [0.25, 0.3) is 5.91 Å². The highest BCUT2D eigenvalue weighted by atomic mass is 35.5. The fourth-order valence-corrected chi connectivity index (χ4v) is 2.84. The normalized spacial score (nSPS) is 11.6. The number of halogens is 2. The summed E-state index contributed by atoms with van der Waals surface area (Å²) in [5.41, 5.74) is 1.12. The van der Waals surface area contributed by atoms with Crippen LogP contribution in [0, 0.1) is 5.82 Å². The van der Waals surface area contributed by atoms with Gasteiger partial charge in [-0.15, -0.1) is 0 Å². The summed E-state index contributed by atoms with van der Waals surface area (Å²) in [6.07, 6.45) is 0. The Morgan fingerprint density at radius 1 is 1.03 bits per heavy atom. The van der Waals surface area contributed by atoms with Gasteiger partial charge in [0.2, 0.25) is 0 Å². The number of carbonyl (C=O) groups is 2. The SMILES string of the molecule is C[C@@H](NC(=O)c1cc(Cl)ccc1Oc1ccc(F)cc1)c1ccc(C(=O)O)cc1. The predicted molar refractivity (Wildman–Crippen MR) is 107 cm³/mol. The van der Waals surface area contributed by atoms with Crippen LogP contribution in [0.4, 0.5) is 4.39 Å². The minimum Gasteiger partial charge on any atom is -0.478 e. The van der Waals surface area contributed by atoms with Crippen LogP contribution in [0.5, 0.6) is 11.5 Å². The lowest BCUT2D eigenvalue weighted by atomic mass is 10.1. The van der Waals surface area contributed by atoms with Crippen molar-refractivity contribution in [1.82, 2.24) is 5.32 Å². The lowest BCUT2D eigenvalue weighted by Crippen LogP contribution is -2.27. The lowest BCUT2D eigenvalue weighted by molar-refractivity contribution is 0.0696. The molecule has 5 nitrogen and oxygen atoms in total. The van der Waals surface area contributed by atoms with Gasteiger partial charge in [-0.1, -0.05) is 23.7 Å². The molecule has 29 heavy (non-hydrogen) atoms. The van der Waals surface area contributed by atoms with Crippen LogP contribution < -0.4 is 10.1 Å². The van der Waals surface area contributed by atoms with Crippen molar-refractivity contribution in [1.29, 1.82) is 0 Å². The van der Waals surface area contributed by atoms with Crippen molar-refractivity contribution >= 4 is 23.5 Å². The molecule has 0 unspecified atom stereocenters. The van der Waals surface area contributed by atoms with Crippen molar-refractivity contribution < 1.29 is 23.8 Å². The van der Waals surface area contributed by atoms with E-state index in [-0.39, 0.29) is 22.9 Å². The van der Waals surface area contributed by atoms with Crippen LogP contribution in [-0.2, 0) is 0 Å². The molecule has 3 aromatic carbocycles. The third-order valence-electron chi connectivity index (χ3n) is 4.23. The summed E-state index contributed by atoms with van der Waals surface area (Å²) in [5.74, 6) is -1.18. The molecule has 0 fully saturated rings. The Bertz CT molecular complexity index is 1040. The zero-order valence-electron chi connectivity index (χ0n) is 15.4. The van der Waals surface area contributed by atoms with Gasteiger partial charge >= 0.3 is 5.97 Å². The molecule has 0 aromatic heterocycles. The van der Waals surface area contributed by atoms with E-state index in [0.717, 1.165) is 5.56 Å². The number of carboxylic acid groups (broad SMARTS) is 1. The van der Waals surface area contributed by atoms with E-state index in [2.05, 4.69) is 5.32 Å². The summed E-state index contributed by atoms with van der Waals surface area (Å²) < 4.78 is 18.8. The highest BCUT2D eigenvalue weighted by Crippen LogP contribution is 2.29. The monoisotopic (exact) mass is 413 g/mol. The summed E-state index contributed by atoms with van der Waals surface area (Å²) >= 11 is 6.04. The van der Waals surface area contributed by atoms with Crippen LogP contribution in [0.15, 0.2) is 66.7 Å². The van der Waals surface area contributed by atoms with Gasteiger partial charge in [-0.3, -0.25) is 4.79 Å². The van der Waals surface area contributed by atoms with Crippen LogP contribution in [-0.4, -0.2) is 17.0 Å². The molecule has 148 valence electrons. The molecule has 3 aromatic rings. The van der Waals surface area contributed by atoms with Gasteiger partial charge in [0.1, 0.15) is 17.3 Å². The van der Waals surface area contributed by atoms with Gasteiger partial charge in [0, 0.05) is 5.02 Å². The zero-order chi connectivity index (χ0) is 21.0. The first-order valence-corrected chi connectivity index (χ1v) is 9.08. The van der Waals surface area contributed by atoms with Gasteiger partial charge in [-0.05, 0) is 67.1 Å². The first kappa shape index (κ1) is 20.4. The van der Waals surface area contributed by atoms with Gasteiger partial charge in [-0.2, -0.15) is 0 Å². The minimum atomic E-state index is -1.02. The molecule has 2 N–H and O–H groups in total. The molecule has 0 aliphatic rings. The summed E-state index contributed by atoms with van der Waals surface area (Å²) in [6.45, 7) is 1.78. The number of nitrogens with one attached hydrogen (secondary N) is 1. The Morgan fingerprint density at radius 2 is 1.69 bits per heavy atom. The molecule has 3 rings (SSSR count). The molecule has 0 saturated heterocycles. The number of benzene rings is 3. The van der Waals surface area contributed by atoms with E-state index in [4.69, 9.17) is 21.4 Å². The Labute approximate surface area is 171 Å². The predicted octanol–water partition coefficient (Wildman–Crippen LogP) is 5.46. The van der Waals surface area contributed by atoms with E-state index in [0.29, 0.717) is 10.8 Å². The number of carboxylic acids is 1. The van der Waals surface area contributed by atoms with Crippen molar-refractivity contribution in [3.05, 3.63) is 94.3 Å². The van der Waals surface area contributed by atoms with Crippen molar-refractivity contribution in [2.45, 2.75) is 13.0 Å². The Balaban J connectivity index is 1.79. The van der Waals surface area contributed by atoms with Gasteiger partial charge in [0.15, 0.2) is 0 Å². The molecule has 0 bridgehead atoms. The first-order valence-electron chi connectivity index (χ1n) is 8.70. The third kappa shape index (κ3) is 5.12. The summed E-state index contributed by atoms with van der Waals surface area (Å²) in [6, 6.07) is 15.9. The fraction of sp³-hybridized carbons (Fsp3) is 0.0909. The zero-order valence-corrected chi connectivity index (χ0v) is 16.1. The maximum atomic E-state index is 13.1. The van der Waals surface area contributed by atoms with Crippen LogP contribution in [0.2, 0.25) is 5.02 Å². The summed E-state index contributed by atoms with van der Waals surface area (Å²) in [7, 11) is 0. The second-order valence-corrected chi connectivity index (χ2v) is 6.76. The molecule has 0 aliphatic heterocycles. The maximum absolute atomic E-state index is 13.1. The molecule has 1 amide bonds. The Kier molecular flexibility index (Phi) is 6.14. The molecule has 7 heteroatoms. The lowest BCUT2D eigenvalue weighted by Gasteiger charge is -2.17. The standard InChI is InChI=1S/C22H17ClFNO4/c1-13(14-2-4-15(5-3-14)22(27)28)25-21(26)19-12-16(23)6-11-20(19)29-18-9-7-17(24)8-10-18/h2-13H,1H3,(H,25,26)(H,27,28)/t13-/m1/s1. The van der Waals surface area contributed by atoms with Crippen LogP contribution in [0.25, 0.3) is 0 Å². The fourth-order valence-electron chi connectivity index (χ4n) is 2.67. The second kappa shape index (κ2) is 8.75. The van der Waals surface area contributed by atoms with E-state index in [9.17, 15) is 14.0 Å². The van der Waals surface area contributed by atoms with Crippen LogP contribution in [0.3, 0.4) is 0 Å². The number of hydrogen-bond donors (Lipinski definition) is 2. The van der Waals surface area contributed by atoms with E-state index in [1.807, 2.05) is 0 Å². The number of ether oxygens (including phenoxy) is 1. The topological polar surface area (TPSA) is 75.6 Å². The van der Waals surface area contributed by atoms with Gasteiger partial charge < -0.3 is 15.2 Å². The van der Waals surface area contributed by atoms with Crippen molar-refractivity contribution in [3.63, 3.8) is 0 Å². The van der Waals surface area contributed by atoms with Crippen molar-refractivity contribution in [2.24, 2.45) is 0 Å². The van der Waals surface area contributed by atoms with Crippen LogP contribution >= 0.6 is 11.6 Å². The van der Waals surface area contributed by atoms with Crippen molar-refractivity contribution in [3.8, 4) is 11.5 Å². The Hall–Kier alpha value is -3.38. The molecule has 0 spiro atoms. The number of carbonyl (C=O) groups excluding carboxylic acids is 1. The third-order valence-corrected chi connectivity index (χ3v) is 4.47. The second-order valence-electron chi connectivity index (χ2n) is 6.32. The van der Waals surface area contributed by atoms with E-state index < -0.39 is 17.7 Å². The first-order chi connectivity index (χ1) is 13.8. The number of rotatable bonds is 6. The smallest absolute Gasteiger partial charge is 0.335 e. The quantitative estimate of drug-likeness (QED) is 0.562. The minimum absolute atomic E-state index is 0.164. The summed E-state index contributed by atoms with van der Waals surface area (Å²) in [5, 5.41) is 12.2. The highest BCUT2D eigenvalue weighted by molar-refractivity contribution is 6.31. The Morgan fingerprint density at radius 3 is 2.31 bits per heavy atom. The van der Waals surface area contributed by atoms with E-state index in [1.165, 1.54) is 42.5 Å². The summed E-state index contributed by atoms with van der Waals surface area (Å²) in [4.78, 5) is 23.8. The molecular formula is C22H17ClFNO4. The molecular weight excluding hydrogens is 397 g/mol. The average Bonchev–Trinajstić information content (AvgIpc) is 2.71. The highest BCUT2D eigenvalue weighted by Gasteiger charge is 2.17. The van der Waals surface area contributed by atoms with E-state index in [1.54, 1.807) is 31.2 Å². The molecule has 0 saturated carbocycles. The number of hydrogen-bond acceptors (Lipinski definition) is 3. The molecule has 0 aliphatic carbocycles. The van der Waals surface area contributed by atoms with Crippen molar-refractivity contribution in [2.75, 3.05) is 0 Å². The van der Waals surface area contributed by atoms with Gasteiger partial charge in [0.05, 0.1) is 17.2 Å². The molecule has 0 heterocycles. The van der Waals surface area contributed by atoms with Gasteiger partial charge in [-0.25, -0.2) is 9.18 Å². The number of amides is 1. The maximum Gasteiger partial charge on any atom is 0.335 e. The van der Waals surface area contributed by atoms with E-state index >= 15 is 0 Å². The average molecular weight is 414 g/mol. The number of aromatic carboxylic acids is 1. The largest absolute Gasteiger partial charge is 0.478 e. The molecule has 1 atom stereocenters. The molecule has 0 radical (unpaired) electrons. The van der Waals surface area contributed by atoms with Crippen LogP contribution in [0.1, 0.15) is 39.2 Å².